The Bertz CT molecular complexity index is 1090. The summed E-state index contributed by atoms with van der Waals surface area (Å²) in [5.74, 6) is -0.859. The van der Waals surface area contributed by atoms with Crippen LogP contribution in [0.4, 0.5) is 22.0 Å². The Morgan fingerprint density at radius 3 is 2.48 bits per heavy atom. The smallest absolute Gasteiger partial charge is 0.416 e. The summed E-state index contributed by atoms with van der Waals surface area (Å²) in [4.78, 5) is 12.1. The molecule has 3 aromatic rings. The Hall–Kier alpha value is -3.44. The highest BCUT2D eigenvalue weighted by atomic mass is 19.4. The maximum Gasteiger partial charge on any atom is 0.416 e. The van der Waals surface area contributed by atoms with E-state index in [0.717, 1.165) is 35.0 Å². The van der Waals surface area contributed by atoms with Crippen LogP contribution in [-0.4, -0.2) is 24.9 Å². The molecule has 0 aliphatic rings. The molecule has 2 aromatic carbocycles. The van der Waals surface area contributed by atoms with E-state index in [-0.39, 0.29) is 5.69 Å². The lowest BCUT2D eigenvalue weighted by Crippen LogP contribution is -2.24. The molecular weight excluding hydrogens is 403 g/mol. The SMILES string of the molecule is Cn1nnn(-c2cccc(C(F)(F)F)c2COc2ccc(O)cc2C(F)F)c1=O. The van der Waals surface area contributed by atoms with Crippen LogP contribution in [0.2, 0.25) is 0 Å². The standard InChI is InChI=1S/C17H13F5N4O3/c1-25-16(28)26(24-23-25)13-4-2-3-12(17(20,21)22)11(13)8-29-14-6-5-9(27)7-10(14)15(18)19/h2-7,15,27H,8H2,1H3. The zero-order valence-electron chi connectivity index (χ0n) is 14.7. The summed E-state index contributed by atoms with van der Waals surface area (Å²) in [5.41, 5.74) is -3.35. The van der Waals surface area contributed by atoms with Crippen LogP contribution in [0.5, 0.6) is 11.5 Å². The maximum atomic E-state index is 13.5. The Labute approximate surface area is 159 Å². The number of aryl methyl sites for hydroxylation is 1. The summed E-state index contributed by atoms with van der Waals surface area (Å²) in [5, 5.41) is 16.3. The summed E-state index contributed by atoms with van der Waals surface area (Å²) < 4.78 is 73.5. The highest BCUT2D eigenvalue weighted by molar-refractivity contribution is 5.47. The molecular formula is C17H13F5N4O3. The van der Waals surface area contributed by atoms with Gasteiger partial charge in [0, 0.05) is 12.6 Å². The molecule has 0 atom stereocenters. The number of aromatic nitrogens is 4. The number of halogens is 5. The van der Waals surface area contributed by atoms with Gasteiger partial charge in [-0.2, -0.15) is 22.5 Å². The van der Waals surface area contributed by atoms with Crippen LogP contribution < -0.4 is 10.4 Å². The molecule has 0 saturated carbocycles. The molecule has 1 aromatic heterocycles. The van der Waals surface area contributed by atoms with Crippen molar-refractivity contribution >= 4 is 0 Å². The molecule has 0 aliphatic carbocycles. The van der Waals surface area contributed by atoms with Crippen LogP contribution in [0.3, 0.4) is 0 Å². The minimum absolute atomic E-state index is 0.254. The van der Waals surface area contributed by atoms with Crippen molar-refractivity contribution in [2.45, 2.75) is 19.2 Å². The summed E-state index contributed by atoms with van der Waals surface area (Å²) in [6.07, 6.45) is -7.84. The highest BCUT2D eigenvalue weighted by Gasteiger charge is 2.35. The second kappa shape index (κ2) is 7.53. The number of phenolic OH excluding ortho intramolecular Hbond substituents is 1. The Morgan fingerprint density at radius 1 is 1.17 bits per heavy atom. The topological polar surface area (TPSA) is 82.2 Å². The normalized spacial score (nSPS) is 11.8. The third kappa shape index (κ3) is 4.05. The molecule has 154 valence electrons. The van der Waals surface area contributed by atoms with Gasteiger partial charge in [-0.3, -0.25) is 0 Å². The van der Waals surface area contributed by atoms with Gasteiger partial charge in [0.05, 0.1) is 16.8 Å². The van der Waals surface area contributed by atoms with Gasteiger partial charge in [0.1, 0.15) is 18.1 Å². The van der Waals surface area contributed by atoms with Crippen molar-refractivity contribution in [1.29, 1.82) is 0 Å². The average Bonchev–Trinajstić information content (AvgIpc) is 2.98. The molecule has 29 heavy (non-hydrogen) atoms. The minimum Gasteiger partial charge on any atom is -0.508 e. The number of aromatic hydroxyl groups is 1. The van der Waals surface area contributed by atoms with Crippen molar-refractivity contribution in [3.63, 3.8) is 0 Å². The minimum atomic E-state index is -4.80. The summed E-state index contributed by atoms with van der Waals surface area (Å²) in [6.45, 7) is -0.793. The number of alkyl halides is 5. The van der Waals surface area contributed by atoms with Crippen molar-refractivity contribution < 1.29 is 31.8 Å². The molecule has 3 rings (SSSR count). The van der Waals surface area contributed by atoms with Crippen LogP contribution >= 0.6 is 0 Å². The molecule has 0 amide bonds. The molecule has 0 unspecified atom stereocenters. The van der Waals surface area contributed by atoms with Crippen LogP contribution in [0.15, 0.2) is 41.2 Å². The molecule has 0 fully saturated rings. The number of benzene rings is 2. The van der Waals surface area contributed by atoms with Gasteiger partial charge in [0.2, 0.25) is 0 Å². The maximum absolute atomic E-state index is 13.5. The third-order valence-corrected chi connectivity index (χ3v) is 4.01. The Kier molecular flexibility index (Phi) is 5.27. The second-order valence-corrected chi connectivity index (χ2v) is 5.91. The predicted octanol–water partition coefficient (Wildman–Crippen LogP) is 3.21. The van der Waals surface area contributed by atoms with Gasteiger partial charge in [-0.25, -0.2) is 13.6 Å². The van der Waals surface area contributed by atoms with Crippen molar-refractivity contribution in [3.8, 4) is 17.2 Å². The van der Waals surface area contributed by atoms with Gasteiger partial charge >= 0.3 is 11.9 Å². The fourth-order valence-electron chi connectivity index (χ4n) is 2.64. The molecule has 0 radical (unpaired) electrons. The largest absolute Gasteiger partial charge is 0.508 e. The first-order valence-corrected chi connectivity index (χ1v) is 8.02. The Morgan fingerprint density at radius 2 is 1.90 bits per heavy atom. The molecule has 0 bridgehead atoms. The van der Waals surface area contributed by atoms with E-state index in [2.05, 4.69) is 10.4 Å². The van der Waals surface area contributed by atoms with E-state index in [1.165, 1.54) is 13.1 Å². The molecule has 0 aliphatic heterocycles. The lowest BCUT2D eigenvalue weighted by atomic mass is 10.1. The predicted molar refractivity (Wildman–Crippen MR) is 89.0 cm³/mol. The number of hydrogen-bond acceptors (Lipinski definition) is 5. The van der Waals surface area contributed by atoms with E-state index >= 15 is 0 Å². The first-order chi connectivity index (χ1) is 13.6. The lowest BCUT2D eigenvalue weighted by molar-refractivity contribution is -0.138. The lowest BCUT2D eigenvalue weighted by Gasteiger charge is -2.18. The molecule has 12 heteroatoms. The first kappa shape index (κ1) is 20.3. The number of nitrogens with zero attached hydrogens (tertiary/aromatic N) is 4. The van der Waals surface area contributed by atoms with Crippen molar-refractivity contribution in [2.75, 3.05) is 0 Å². The van der Waals surface area contributed by atoms with Crippen LogP contribution in [-0.2, 0) is 19.8 Å². The summed E-state index contributed by atoms with van der Waals surface area (Å²) in [6, 6.07) is 5.88. The van der Waals surface area contributed by atoms with E-state index in [1.54, 1.807) is 0 Å². The van der Waals surface area contributed by atoms with Gasteiger partial charge in [0.25, 0.3) is 6.43 Å². The number of tetrazole rings is 1. The molecule has 7 nitrogen and oxygen atoms in total. The Balaban J connectivity index is 2.09. The van der Waals surface area contributed by atoms with Gasteiger partial charge in [-0.1, -0.05) is 6.07 Å². The molecule has 0 saturated heterocycles. The van der Waals surface area contributed by atoms with Crippen LogP contribution in [0.1, 0.15) is 23.1 Å². The van der Waals surface area contributed by atoms with E-state index in [1.807, 2.05) is 0 Å². The van der Waals surface area contributed by atoms with E-state index in [0.29, 0.717) is 4.68 Å². The molecule has 0 spiro atoms. The molecule has 1 N–H and O–H groups in total. The average molecular weight is 416 g/mol. The number of rotatable bonds is 5. The first-order valence-electron chi connectivity index (χ1n) is 8.02. The monoisotopic (exact) mass is 416 g/mol. The number of phenols is 1. The van der Waals surface area contributed by atoms with Crippen molar-refractivity contribution in [1.82, 2.24) is 19.8 Å². The van der Waals surface area contributed by atoms with Crippen molar-refractivity contribution in [2.24, 2.45) is 7.05 Å². The summed E-state index contributed by atoms with van der Waals surface area (Å²) in [7, 11) is 1.26. The van der Waals surface area contributed by atoms with E-state index in [4.69, 9.17) is 4.74 Å². The highest BCUT2D eigenvalue weighted by Crippen LogP contribution is 2.36. The summed E-state index contributed by atoms with van der Waals surface area (Å²) >= 11 is 0. The fraction of sp³-hybridized carbons (Fsp3) is 0.235. The molecule has 1 heterocycles. The zero-order valence-corrected chi connectivity index (χ0v) is 14.7. The second-order valence-electron chi connectivity index (χ2n) is 5.91. The fourth-order valence-corrected chi connectivity index (χ4v) is 2.64. The van der Waals surface area contributed by atoms with E-state index in [9.17, 15) is 31.9 Å². The van der Waals surface area contributed by atoms with Crippen molar-refractivity contribution in [3.05, 3.63) is 63.6 Å². The van der Waals surface area contributed by atoms with Gasteiger partial charge < -0.3 is 9.84 Å². The quantitative estimate of drug-likeness (QED) is 0.646. The third-order valence-electron chi connectivity index (χ3n) is 4.01. The zero-order chi connectivity index (χ0) is 21.3. The number of hydrogen-bond donors (Lipinski definition) is 1. The van der Waals surface area contributed by atoms with Crippen LogP contribution in [0.25, 0.3) is 5.69 Å². The van der Waals surface area contributed by atoms with Gasteiger partial charge in [-0.15, -0.1) is 0 Å². The van der Waals surface area contributed by atoms with Crippen LogP contribution in [0, 0.1) is 0 Å². The number of ether oxygens (including phenoxy) is 1. The van der Waals surface area contributed by atoms with Gasteiger partial charge in [-0.05, 0) is 40.8 Å². The van der Waals surface area contributed by atoms with E-state index < -0.39 is 53.1 Å². The van der Waals surface area contributed by atoms with Gasteiger partial charge in [0.15, 0.2) is 0 Å².